The van der Waals surface area contributed by atoms with Crippen LogP contribution in [0, 0.1) is 5.92 Å². The van der Waals surface area contributed by atoms with Crippen LogP contribution in [-0.4, -0.2) is 24.7 Å². The number of amides is 1. The number of rotatable bonds is 5. The van der Waals surface area contributed by atoms with Crippen molar-refractivity contribution in [1.82, 2.24) is 5.43 Å². The fraction of sp³-hybridized carbons (Fsp3) is 0.429. The van der Waals surface area contributed by atoms with Crippen LogP contribution in [0.3, 0.4) is 0 Å². The number of anilines is 1. The predicted molar refractivity (Wildman–Crippen MR) is 77.1 cm³/mol. The van der Waals surface area contributed by atoms with E-state index in [0.29, 0.717) is 13.0 Å². The Hall–Kier alpha value is -1.88. The number of hydrazone groups is 1. The summed E-state index contributed by atoms with van der Waals surface area (Å²) in [6.07, 6.45) is 1.45. The topological polar surface area (TPSA) is 79.5 Å². The molecule has 0 saturated carbocycles. The molecule has 1 atom stereocenters. The maximum Gasteiger partial charge on any atom is 0.240 e. The van der Waals surface area contributed by atoms with E-state index in [1.54, 1.807) is 0 Å². The SMILES string of the molecule is CC1CC(=O)NN=C1c1ccc(NCCCN)cc1. The molecule has 0 aliphatic carbocycles. The Morgan fingerprint density at radius 2 is 2.16 bits per heavy atom. The number of carbonyl (C=O) groups is 1. The van der Waals surface area contributed by atoms with Crippen molar-refractivity contribution in [1.29, 1.82) is 0 Å². The standard InChI is InChI=1S/C14H20N4O/c1-10-9-13(19)17-18-14(10)11-3-5-12(6-4-11)16-8-2-7-15/h3-6,10,16H,2,7-9,15H2,1H3,(H,17,19). The molecule has 0 aromatic heterocycles. The lowest BCUT2D eigenvalue weighted by Gasteiger charge is -2.19. The van der Waals surface area contributed by atoms with Gasteiger partial charge in [-0.05, 0) is 30.7 Å². The summed E-state index contributed by atoms with van der Waals surface area (Å²) in [7, 11) is 0. The summed E-state index contributed by atoms with van der Waals surface area (Å²) in [5.74, 6) is 0.140. The second-order valence-corrected chi connectivity index (χ2v) is 4.78. The van der Waals surface area contributed by atoms with Gasteiger partial charge >= 0.3 is 0 Å². The number of hydrogen-bond acceptors (Lipinski definition) is 4. The largest absolute Gasteiger partial charge is 0.385 e. The zero-order valence-corrected chi connectivity index (χ0v) is 11.1. The fourth-order valence-corrected chi connectivity index (χ4v) is 2.10. The van der Waals surface area contributed by atoms with E-state index in [0.717, 1.165) is 29.9 Å². The van der Waals surface area contributed by atoms with Crippen LogP contribution >= 0.6 is 0 Å². The van der Waals surface area contributed by atoms with E-state index < -0.39 is 0 Å². The minimum absolute atomic E-state index is 0.0173. The van der Waals surface area contributed by atoms with Gasteiger partial charge in [-0.15, -0.1) is 0 Å². The molecule has 2 rings (SSSR count). The summed E-state index contributed by atoms with van der Waals surface area (Å²) < 4.78 is 0. The molecular formula is C14H20N4O. The molecule has 102 valence electrons. The average molecular weight is 260 g/mol. The van der Waals surface area contributed by atoms with Crippen LogP contribution in [-0.2, 0) is 4.79 Å². The highest BCUT2D eigenvalue weighted by Gasteiger charge is 2.21. The highest BCUT2D eigenvalue weighted by Crippen LogP contribution is 2.18. The first-order valence-electron chi connectivity index (χ1n) is 6.61. The number of nitrogens with one attached hydrogen (secondary N) is 2. The van der Waals surface area contributed by atoms with E-state index in [1.807, 2.05) is 31.2 Å². The molecule has 1 heterocycles. The van der Waals surface area contributed by atoms with Crippen LogP contribution in [0.5, 0.6) is 0 Å². The summed E-state index contributed by atoms with van der Waals surface area (Å²) in [5.41, 5.74) is 11.1. The zero-order chi connectivity index (χ0) is 13.7. The molecule has 5 heteroatoms. The third-order valence-electron chi connectivity index (χ3n) is 3.15. The van der Waals surface area contributed by atoms with E-state index in [4.69, 9.17) is 5.73 Å². The molecule has 4 N–H and O–H groups in total. The number of nitrogens with two attached hydrogens (primary N) is 1. The normalized spacial score (nSPS) is 18.7. The lowest BCUT2D eigenvalue weighted by molar-refractivity contribution is -0.121. The predicted octanol–water partition coefficient (Wildman–Crippen LogP) is 1.31. The Morgan fingerprint density at radius 3 is 2.79 bits per heavy atom. The third kappa shape index (κ3) is 3.54. The van der Waals surface area contributed by atoms with Crippen molar-refractivity contribution in [2.24, 2.45) is 16.8 Å². The van der Waals surface area contributed by atoms with Gasteiger partial charge in [0.25, 0.3) is 0 Å². The average Bonchev–Trinajstić information content (AvgIpc) is 2.40. The molecular weight excluding hydrogens is 240 g/mol. The number of carbonyl (C=O) groups excluding carboxylic acids is 1. The van der Waals surface area contributed by atoms with Crippen molar-refractivity contribution in [3.63, 3.8) is 0 Å². The first-order chi connectivity index (χ1) is 9.20. The Bertz CT molecular complexity index is 467. The second kappa shape index (κ2) is 6.33. The van der Waals surface area contributed by atoms with Crippen molar-refractivity contribution < 1.29 is 4.79 Å². The second-order valence-electron chi connectivity index (χ2n) is 4.78. The van der Waals surface area contributed by atoms with Crippen molar-refractivity contribution in [3.05, 3.63) is 29.8 Å². The zero-order valence-electron chi connectivity index (χ0n) is 11.1. The summed E-state index contributed by atoms with van der Waals surface area (Å²) in [5, 5.41) is 7.45. The lowest BCUT2D eigenvalue weighted by atomic mass is 9.94. The van der Waals surface area contributed by atoms with Crippen LogP contribution in [0.25, 0.3) is 0 Å². The minimum Gasteiger partial charge on any atom is -0.385 e. The quantitative estimate of drug-likeness (QED) is 0.698. The molecule has 0 fully saturated rings. The van der Waals surface area contributed by atoms with E-state index in [-0.39, 0.29) is 11.8 Å². The molecule has 1 unspecified atom stereocenters. The van der Waals surface area contributed by atoms with E-state index in [2.05, 4.69) is 15.8 Å². The Morgan fingerprint density at radius 1 is 1.42 bits per heavy atom. The minimum atomic E-state index is -0.0173. The molecule has 1 aromatic carbocycles. The van der Waals surface area contributed by atoms with Crippen LogP contribution in [0.1, 0.15) is 25.3 Å². The van der Waals surface area contributed by atoms with Crippen LogP contribution in [0.15, 0.2) is 29.4 Å². The van der Waals surface area contributed by atoms with E-state index in [1.165, 1.54) is 0 Å². The van der Waals surface area contributed by atoms with Crippen LogP contribution in [0.4, 0.5) is 5.69 Å². The Labute approximate surface area is 113 Å². The molecule has 1 aliphatic rings. The molecule has 0 radical (unpaired) electrons. The van der Waals surface area contributed by atoms with Crippen LogP contribution < -0.4 is 16.5 Å². The van der Waals surface area contributed by atoms with Crippen LogP contribution in [0.2, 0.25) is 0 Å². The molecule has 5 nitrogen and oxygen atoms in total. The van der Waals surface area contributed by atoms with Gasteiger partial charge in [0.1, 0.15) is 0 Å². The molecule has 1 aliphatic heterocycles. The maximum absolute atomic E-state index is 11.2. The summed E-state index contributed by atoms with van der Waals surface area (Å²) in [4.78, 5) is 11.2. The first-order valence-corrected chi connectivity index (χ1v) is 6.61. The van der Waals surface area contributed by atoms with E-state index >= 15 is 0 Å². The monoisotopic (exact) mass is 260 g/mol. The van der Waals surface area contributed by atoms with Gasteiger partial charge in [0.15, 0.2) is 0 Å². The van der Waals surface area contributed by atoms with Gasteiger partial charge < -0.3 is 11.1 Å². The van der Waals surface area contributed by atoms with Gasteiger partial charge in [-0.2, -0.15) is 5.10 Å². The fourth-order valence-electron chi connectivity index (χ4n) is 2.10. The molecule has 1 aromatic rings. The Balaban J connectivity index is 2.04. The van der Waals surface area contributed by atoms with E-state index in [9.17, 15) is 4.79 Å². The van der Waals surface area contributed by atoms with Gasteiger partial charge in [0.2, 0.25) is 5.91 Å². The van der Waals surface area contributed by atoms with Crippen molar-refractivity contribution in [2.45, 2.75) is 19.8 Å². The summed E-state index contributed by atoms with van der Waals surface area (Å²) in [6.45, 7) is 3.59. The van der Waals surface area contributed by atoms with Crippen molar-refractivity contribution >= 4 is 17.3 Å². The Kier molecular flexibility index (Phi) is 4.52. The number of nitrogens with zero attached hydrogens (tertiary/aromatic N) is 1. The lowest BCUT2D eigenvalue weighted by Crippen LogP contribution is -2.31. The van der Waals surface area contributed by atoms with Gasteiger partial charge in [-0.1, -0.05) is 19.1 Å². The molecule has 0 bridgehead atoms. The first kappa shape index (κ1) is 13.5. The molecule has 0 saturated heterocycles. The van der Waals surface area contributed by atoms with Gasteiger partial charge in [0.05, 0.1) is 5.71 Å². The molecule has 0 spiro atoms. The maximum atomic E-state index is 11.2. The van der Waals surface area contributed by atoms with Crippen molar-refractivity contribution in [2.75, 3.05) is 18.4 Å². The van der Waals surface area contributed by atoms with Gasteiger partial charge in [-0.25, -0.2) is 5.43 Å². The number of hydrogen-bond donors (Lipinski definition) is 3. The highest BCUT2D eigenvalue weighted by atomic mass is 16.2. The van der Waals surface area contributed by atoms with Crippen molar-refractivity contribution in [3.8, 4) is 0 Å². The summed E-state index contributed by atoms with van der Waals surface area (Å²) in [6, 6.07) is 8.10. The highest BCUT2D eigenvalue weighted by molar-refractivity contribution is 6.05. The molecule has 1 amide bonds. The summed E-state index contributed by atoms with van der Waals surface area (Å²) >= 11 is 0. The van der Waals surface area contributed by atoms with Gasteiger partial charge in [-0.3, -0.25) is 4.79 Å². The smallest absolute Gasteiger partial charge is 0.240 e. The number of benzene rings is 1. The third-order valence-corrected chi connectivity index (χ3v) is 3.15. The van der Waals surface area contributed by atoms with Gasteiger partial charge in [0, 0.05) is 24.6 Å². The molecule has 19 heavy (non-hydrogen) atoms.